The fourth-order valence-corrected chi connectivity index (χ4v) is 6.89. The van der Waals surface area contributed by atoms with Gasteiger partial charge in [0, 0.05) is 11.8 Å². The van der Waals surface area contributed by atoms with Gasteiger partial charge in [0.05, 0.1) is 0 Å². The van der Waals surface area contributed by atoms with E-state index >= 15 is 0 Å². The predicted octanol–water partition coefficient (Wildman–Crippen LogP) is 3.74. The van der Waals surface area contributed by atoms with Crippen molar-refractivity contribution in [3.05, 3.63) is 12.2 Å². The van der Waals surface area contributed by atoms with E-state index in [1.807, 2.05) is 6.08 Å². The molecule has 2 nitrogen and oxygen atoms in total. The summed E-state index contributed by atoms with van der Waals surface area (Å²) in [5, 5.41) is 11.0. The third kappa shape index (κ3) is 1.84. The molecule has 0 amide bonds. The summed E-state index contributed by atoms with van der Waals surface area (Å²) < 4.78 is 0. The summed E-state index contributed by atoms with van der Waals surface area (Å²) >= 11 is 0. The molecule has 4 aliphatic carbocycles. The van der Waals surface area contributed by atoms with Gasteiger partial charge in [-0.05, 0) is 73.7 Å². The molecule has 0 aliphatic heterocycles. The Balaban J connectivity index is 1.70. The first-order valence-corrected chi connectivity index (χ1v) is 9.26. The molecular weight excluding hydrogens is 284 g/mol. The number of aliphatic hydroxyl groups is 1. The number of allylic oxidation sites excluding steroid dienone is 2. The van der Waals surface area contributed by atoms with Gasteiger partial charge in [-0.3, -0.25) is 4.79 Å². The highest BCUT2D eigenvalue weighted by molar-refractivity contribution is 5.91. The first kappa shape index (κ1) is 15.5. The molecule has 23 heavy (non-hydrogen) atoms. The first-order chi connectivity index (χ1) is 10.8. The Kier molecular flexibility index (Phi) is 3.18. The van der Waals surface area contributed by atoms with Crippen molar-refractivity contribution in [1.82, 2.24) is 0 Å². The summed E-state index contributed by atoms with van der Waals surface area (Å²) in [4.78, 5) is 11.8. The Morgan fingerprint density at radius 1 is 1.17 bits per heavy atom. The first-order valence-electron chi connectivity index (χ1n) is 9.26. The standard InChI is InChI=1S/C21H28O2/c1-4-21(23)12-9-18-16-6-5-14-13-15(22)7-10-19(14,2)17(16)8-11-20(18,21)3/h1,7,10,14,16-18,23H,5-6,8-9,11-13H2,2-3H3/t14?,16-,17+,18+,19+,20+,21-/m1/s1. The Labute approximate surface area is 139 Å². The fourth-order valence-electron chi connectivity index (χ4n) is 6.89. The van der Waals surface area contributed by atoms with Crippen molar-refractivity contribution in [1.29, 1.82) is 0 Å². The van der Waals surface area contributed by atoms with Crippen molar-refractivity contribution < 1.29 is 9.90 Å². The number of rotatable bonds is 0. The smallest absolute Gasteiger partial charge is 0.155 e. The molecule has 0 spiro atoms. The molecule has 0 radical (unpaired) electrons. The van der Waals surface area contributed by atoms with E-state index < -0.39 is 5.60 Å². The van der Waals surface area contributed by atoms with E-state index in [9.17, 15) is 9.90 Å². The van der Waals surface area contributed by atoms with E-state index in [2.05, 4.69) is 25.8 Å². The molecule has 4 rings (SSSR count). The minimum Gasteiger partial charge on any atom is -0.377 e. The number of fused-ring (bicyclic) bond motifs is 5. The Hall–Kier alpha value is -1.07. The molecule has 0 saturated heterocycles. The third-order valence-electron chi connectivity index (χ3n) is 8.43. The molecule has 7 atom stereocenters. The van der Waals surface area contributed by atoms with Crippen LogP contribution in [0.2, 0.25) is 0 Å². The van der Waals surface area contributed by atoms with Gasteiger partial charge >= 0.3 is 0 Å². The Morgan fingerprint density at radius 3 is 2.65 bits per heavy atom. The van der Waals surface area contributed by atoms with Crippen LogP contribution in [0.25, 0.3) is 0 Å². The molecule has 0 heterocycles. The average Bonchev–Trinajstić information content (AvgIpc) is 2.80. The molecule has 3 fully saturated rings. The van der Waals surface area contributed by atoms with Gasteiger partial charge in [-0.25, -0.2) is 0 Å². The molecule has 1 unspecified atom stereocenters. The molecule has 0 bridgehead atoms. The quantitative estimate of drug-likeness (QED) is 0.692. The van der Waals surface area contributed by atoms with Crippen molar-refractivity contribution in [2.45, 2.75) is 64.4 Å². The largest absolute Gasteiger partial charge is 0.377 e. The highest BCUT2D eigenvalue weighted by Gasteiger charge is 2.63. The van der Waals surface area contributed by atoms with Gasteiger partial charge in [-0.2, -0.15) is 0 Å². The maximum absolute atomic E-state index is 11.8. The zero-order chi connectivity index (χ0) is 16.5. The van der Waals surface area contributed by atoms with Crippen molar-refractivity contribution in [3.8, 4) is 12.3 Å². The van der Waals surface area contributed by atoms with Gasteiger partial charge in [-0.15, -0.1) is 6.42 Å². The van der Waals surface area contributed by atoms with E-state index in [-0.39, 0.29) is 10.8 Å². The lowest BCUT2D eigenvalue weighted by molar-refractivity contribution is -0.128. The van der Waals surface area contributed by atoms with E-state index in [1.165, 1.54) is 6.42 Å². The molecule has 0 aromatic heterocycles. The maximum atomic E-state index is 11.8. The van der Waals surface area contributed by atoms with Gasteiger partial charge in [-0.1, -0.05) is 25.8 Å². The summed E-state index contributed by atoms with van der Waals surface area (Å²) in [6.45, 7) is 4.61. The highest BCUT2D eigenvalue weighted by atomic mass is 16.3. The average molecular weight is 312 g/mol. The van der Waals surface area contributed by atoms with Gasteiger partial charge in [0.2, 0.25) is 0 Å². The van der Waals surface area contributed by atoms with Gasteiger partial charge < -0.3 is 5.11 Å². The second kappa shape index (κ2) is 4.73. The van der Waals surface area contributed by atoms with Crippen LogP contribution in [-0.2, 0) is 4.79 Å². The molecule has 124 valence electrons. The van der Waals surface area contributed by atoms with Crippen LogP contribution in [0.4, 0.5) is 0 Å². The minimum atomic E-state index is -0.918. The zero-order valence-corrected chi connectivity index (χ0v) is 14.3. The van der Waals surface area contributed by atoms with Crippen LogP contribution in [0.3, 0.4) is 0 Å². The van der Waals surface area contributed by atoms with Crippen molar-refractivity contribution in [2.24, 2.45) is 34.5 Å². The third-order valence-corrected chi connectivity index (χ3v) is 8.43. The Morgan fingerprint density at radius 2 is 1.91 bits per heavy atom. The van der Waals surface area contributed by atoms with Gasteiger partial charge in [0.25, 0.3) is 0 Å². The summed E-state index contributed by atoms with van der Waals surface area (Å²) in [5.74, 6) is 5.38. The lowest BCUT2D eigenvalue weighted by Crippen LogP contribution is -2.55. The van der Waals surface area contributed by atoms with Crippen molar-refractivity contribution >= 4 is 5.78 Å². The van der Waals surface area contributed by atoms with E-state index in [1.54, 1.807) is 0 Å². The molecule has 3 saturated carbocycles. The highest BCUT2D eigenvalue weighted by Crippen LogP contribution is 2.67. The zero-order valence-electron chi connectivity index (χ0n) is 14.3. The summed E-state index contributed by atoms with van der Waals surface area (Å²) in [6, 6.07) is 0. The Bertz CT molecular complexity index is 614. The molecule has 0 aromatic carbocycles. The lowest BCUT2D eigenvalue weighted by atomic mass is 9.45. The van der Waals surface area contributed by atoms with Crippen LogP contribution in [0.1, 0.15) is 58.8 Å². The van der Waals surface area contributed by atoms with Crippen LogP contribution in [-0.4, -0.2) is 16.5 Å². The lowest BCUT2D eigenvalue weighted by Gasteiger charge is -2.59. The second-order valence-electron chi connectivity index (χ2n) is 9.02. The number of carbonyl (C=O) groups excluding carboxylic acids is 1. The fraction of sp³-hybridized carbons (Fsp3) is 0.762. The molecular formula is C21H28O2. The number of hydrogen-bond donors (Lipinski definition) is 1. The van der Waals surface area contributed by atoms with E-state index in [4.69, 9.17) is 6.42 Å². The molecule has 4 aliphatic rings. The van der Waals surface area contributed by atoms with Crippen LogP contribution < -0.4 is 0 Å². The minimum absolute atomic E-state index is 0.125. The van der Waals surface area contributed by atoms with E-state index in [0.29, 0.717) is 29.5 Å². The van der Waals surface area contributed by atoms with Crippen LogP contribution in [0.5, 0.6) is 0 Å². The van der Waals surface area contributed by atoms with Crippen molar-refractivity contribution in [3.63, 3.8) is 0 Å². The van der Waals surface area contributed by atoms with Crippen LogP contribution >= 0.6 is 0 Å². The topological polar surface area (TPSA) is 37.3 Å². The summed E-state index contributed by atoms with van der Waals surface area (Å²) in [7, 11) is 0. The molecule has 2 heteroatoms. The van der Waals surface area contributed by atoms with Crippen molar-refractivity contribution in [2.75, 3.05) is 0 Å². The number of hydrogen-bond acceptors (Lipinski definition) is 2. The number of carbonyl (C=O) groups is 1. The van der Waals surface area contributed by atoms with Gasteiger partial charge in [0.1, 0.15) is 5.60 Å². The number of terminal acetylenes is 1. The summed E-state index contributed by atoms with van der Waals surface area (Å²) in [5.41, 5.74) is -0.881. The monoisotopic (exact) mass is 312 g/mol. The van der Waals surface area contributed by atoms with Crippen LogP contribution in [0, 0.1) is 46.8 Å². The normalized spacial score (nSPS) is 54.8. The van der Waals surface area contributed by atoms with E-state index in [0.717, 1.165) is 38.5 Å². The SMILES string of the molecule is C#C[C@@]1(O)CC[C@H]2[C@@H]3CCC4CC(=O)C=C[C@]4(C)[C@H]3CC[C@@]21C. The molecule has 1 N–H and O–H groups in total. The van der Waals surface area contributed by atoms with Gasteiger partial charge in [0.15, 0.2) is 5.78 Å². The predicted molar refractivity (Wildman–Crippen MR) is 90.4 cm³/mol. The maximum Gasteiger partial charge on any atom is 0.155 e. The number of ketones is 1. The summed E-state index contributed by atoms with van der Waals surface area (Å²) in [6.07, 6.45) is 16.8. The second-order valence-corrected chi connectivity index (χ2v) is 9.02. The molecule has 0 aromatic rings. The van der Waals surface area contributed by atoms with Crippen LogP contribution in [0.15, 0.2) is 12.2 Å².